The number of benzene rings is 1. The van der Waals surface area contributed by atoms with E-state index in [1.54, 1.807) is 24.0 Å². The van der Waals surface area contributed by atoms with Gasteiger partial charge in [-0.2, -0.15) is 5.10 Å². The molecular formula is C31H37ClN12O. The van der Waals surface area contributed by atoms with Gasteiger partial charge in [0.15, 0.2) is 5.65 Å². The summed E-state index contributed by atoms with van der Waals surface area (Å²) in [6.45, 7) is 8.42. The van der Waals surface area contributed by atoms with Crippen LogP contribution in [0.15, 0.2) is 55.2 Å². The van der Waals surface area contributed by atoms with Crippen molar-refractivity contribution >= 4 is 35.6 Å². The summed E-state index contributed by atoms with van der Waals surface area (Å²) in [5.74, 6) is 1.27. The molecular weight excluding hydrogens is 592 g/mol. The molecule has 7 rings (SSSR count). The molecule has 13 nitrogen and oxygen atoms in total. The van der Waals surface area contributed by atoms with Crippen molar-refractivity contribution in [3.8, 4) is 22.4 Å². The van der Waals surface area contributed by atoms with Gasteiger partial charge in [-0.25, -0.2) is 24.6 Å². The van der Waals surface area contributed by atoms with Gasteiger partial charge in [0.2, 0.25) is 17.5 Å². The summed E-state index contributed by atoms with van der Waals surface area (Å²) in [6, 6.07) is 8.63. The molecule has 2 aliphatic rings. The number of fused-ring (bicyclic) bond motifs is 1. The van der Waals surface area contributed by atoms with E-state index in [4.69, 9.17) is 15.0 Å². The first-order chi connectivity index (χ1) is 21.5. The van der Waals surface area contributed by atoms with E-state index >= 15 is 0 Å². The van der Waals surface area contributed by atoms with E-state index < -0.39 is 0 Å². The maximum absolute atomic E-state index is 11.6. The highest BCUT2D eigenvalue weighted by Gasteiger charge is 2.24. The van der Waals surface area contributed by atoms with Gasteiger partial charge >= 0.3 is 0 Å². The summed E-state index contributed by atoms with van der Waals surface area (Å²) >= 11 is 0. The van der Waals surface area contributed by atoms with Crippen LogP contribution < -0.4 is 4.90 Å². The highest BCUT2D eigenvalue weighted by atomic mass is 35.5. The minimum absolute atomic E-state index is 0. The van der Waals surface area contributed by atoms with Gasteiger partial charge in [0.05, 0.1) is 18.1 Å². The highest BCUT2D eigenvalue weighted by Crippen LogP contribution is 2.25. The lowest BCUT2D eigenvalue weighted by atomic mass is 9.98. The smallest absolute Gasteiger partial charge is 0.225 e. The number of anilines is 1. The lowest BCUT2D eigenvalue weighted by Gasteiger charge is -2.34. The lowest BCUT2D eigenvalue weighted by molar-refractivity contribution is -0.130. The second-order valence-corrected chi connectivity index (χ2v) is 11.8. The summed E-state index contributed by atoms with van der Waals surface area (Å²) in [7, 11) is 1.88. The monoisotopic (exact) mass is 628 g/mol. The fourth-order valence-corrected chi connectivity index (χ4v) is 6.13. The summed E-state index contributed by atoms with van der Waals surface area (Å²) in [4.78, 5) is 37.0. The Balaban J connectivity index is 0.00000357. The third kappa shape index (κ3) is 6.79. The first-order valence-electron chi connectivity index (χ1n) is 15.2. The molecule has 1 aromatic carbocycles. The van der Waals surface area contributed by atoms with Gasteiger partial charge in [-0.15, -0.1) is 17.5 Å². The molecule has 2 aliphatic heterocycles. The zero-order valence-corrected chi connectivity index (χ0v) is 26.3. The summed E-state index contributed by atoms with van der Waals surface area (Å²) in [5.41, 5.74) is 6.27. The predicted octanol–water partition coefficient (Wildman–Crippen LogP) is 3.08. The molecule has 45 heavy (non-hydrogen) atoms. The van der Waals surface area contributed by atoms with Gasteiger partial charge in [0.25, 0.3) is 0 Å². The fourth-order valence-electron chi connectivity index (χ4n) is 6.13. The molecule has 0 N–H and O–H groups in total. The van der Waals surface area contributed by atoms with E-state index in [9.17, 15) is 4.79 Å². The number of amides is 1. The molecule has 0 spiro atoms. The number of hydrogen-bond donors (Lipinski definition) is 0. The third-order valence-electron chi connectivity index (χ3n) is 8.61. The summed E-state index contributed by atoms with van der Waals surface area (Å²) in [5, 5.41) is 12.9. The van der Waals surface area contributed by atoms with Crippen LogP contribution in [0.1, 0.15) is 25.3 Å². The van der Waals surface area contributed by atoms with Gasteiger partial charge in [0, 0.05) is 96.0 Å². The molecule has 1 unspecified atom stereocenters. The Labute approximate surface area is 267 Å². The number of nitrogens with zero attached hydrogens (tertiary/aromatic N) is 12. The van der Waals surface area contributed by atoms with Crippen LogP contribution >= 0.6 is 12.4 Å². The minimum Gasteiger partial charge on any atom is -0.340 e. The quantitative estimate of drug-likeness (QED) is 0.265. The Morgan fingerprint density at radius 2 is 1.69 bits per heavy atom. The summed E-state index contributed by atoms with van der Waals surface area (Å²) < 4.78 is 3.62. The minimum atomic E-state index is 0. The van der Waals surface area contributed by atoms with Crippen molar-refractivity contribution in [1.29, 1.82) is 0 Å². The molecule has 1 amide bonds. The van der Waals surface area contributed by atoms with Crippen LogP contribution in [0, 0.1) is 5.92 Å². The first kappa shape index (κ1) is 30.5. The molecule has 0 saturated carbocycles. The Kier molecular flexibility index (Phi) is 8.99. The van der Waals surface area contributed by atoms with Crippen LogP contribution in [0.25, 0.3) is 33.7 Å². The zero-order valence-electron chi connectivity index (χ0n) is 25.5. The number of aromatic nitrogens is 9. The van der Waals surface area contributed by atoms with E-state index in [1.807, 2.05) is 35.2 Å². The van der Waals surface area contributed by atoms with Crippen molar-refractivity contribution in [1.82, 2.24) is 54.5 Å². The molecule has 2 saturated heterocycles. The molecule has 0 aliphatic carbocycles. The molecule has 5 aromatic rings. The number of piperazine rings is 1. The van der Waals surface area contributed by atoms with Gasteiger partial charge in [-0.1, -0.05) is 29.5 Å². The largest absolute Gasteiger partial charge is 0.340 e. The van der Waals surface area contributed by atoms with E-state index in [0.29, 0.717) is 23.8 Å². The topological polar surface area (TPSA) is 127 Å². The molecule has 6 heterocycles. The normalized spacial score (nSPS) is 17.4. The second kappa shape index (κ2) is 13.2. The van der Waals surface area contributed by atoms with Gasteiger partial charge < -0.3 is 9.80 Å². The number of carbonyl (C=O) groups excluding carboxylic acids is 1. The Hall–Kier alpha value is -4.49. The molecule has 0 bridgehead atoms. The number of piperidine rings is 1. The van der Waals surface area contributed by atoms with Crippen LogP contribution in [0.3, 0.4) is 0 Å². The maximum Gasteiger partial charge on any atom is 0.225 e. The van der Waals surface area contributed by atoms with Crippen LogP contribution in [0.2, 0.25) is 0 Å². The third-order valence-corrected chi connectivity index (χ3v) is 8.61. The van der Waals surface area contributed by atoms with Crippen molar-refractivity contribution in [2.75, 3.05) is 44.2 Å². The van der Waals surface area contributed by atoms with Crippen LogP contribution in [0.5, 0.6) is 0 Å². The SMILES string of the molecule is CC(=O)N1CCN(Cc2ccc(-c3cnc(N4CCCC(Cn5nnc6ncc(-c7cnn(C)c7)nc65)C4)nc3)cc2)CC1.Cl. The number of hydrogen-bond acceptors (Lipinski definition) is 10. The van der Waals surface area contributed by atoms with Crippen LogP contribution in [-0.2, 0) is 24.9 Å². The van der Waals surface area contributed by atoms with Crippen molar-refractivity contribution < 1.29 is 4.79 Å². The van der Waals surface area contributed by atoms with E-state index in [2.05, 4.69) is 54.5 Å². The van der Waals surface area contributed by atoms with Crippen molar-refractivity contribution in [3.63, 3.8) is 0 Å². The summed E-state index contributed by atoms with van der Waals surface area (Å²) in [6.07, 6.45) is 11.4. The van der Waals surface area contributed by atoms with Crippen LogP contribution in [0.4, 0.5) is 5.95 Å². The lowest BCUT2D eigenvalue weighted by Crippen LogP contribution is -2.47. The fraction of sp³-hybridized carbons (Fsp3) is 0.419. The Bertz CT molecular complexity index is 1740. The van der Waals surface area contributed by atoms with Crippen molar-refractivity contribution in [3.05, 3.63) is 60.8 Å². The first-order valence-corrected chi connectivity index (χ1v) is 15.2. The second-order valence-electron chi connectivity index (χ2n) is 11.8. The molecule has 234 valence electrons. The molecule has 4 aromatic heterocycles. The number of aryl methyl sites for hydroxylation is 1. The van der Waals surface area contributed by atoms with Gasteiger partial charge in [0.1, 0.15) is 0 Å². The van der Waals surface area contributed by atoms with Crippen molar-refractivity contribution in [2.45, 2.75) is 32.9 Å². The van der Waals surface area contributed by atoms with Gasteiger partial charge in [-0.05, 0) is 29.9 Å². The molecule has 0 radical (unpaired) electrons. The molecule has 2 fully saturated rings. The predicted molar refractivity (Wildman–Crippen MR) is 173 cm³/mol. The average molecular weight is 629 g/mol. The number of carbonyl (C=O) groups is 1. The van der Waals surface area contributed by atoms with E-state index in [0.717, 1.165) is 87.0 Å². The van der Waals surface area contributed by atoms with Crippen molar-refractivity contribution in [2.24, 2.45) is 13.0 Å². The van der Waals surface area contributed by atoms with E-state index in [1.165, 1.54) is 5.56 Å². The zero-order chi connectivity index (χ0) is 30.0. The Morgan fingerprint density at radius 1 is 0.911 bits per heavy atom. The van der Waals surface area contributed by atoms with Gasteiger partial charge in [-0.3, -0.25) is 14.4 Å². The van der Waals surface area contributed by atoms with E-state index in [-0.39, 0.29) is 18.3 Å². The maximum atomic E-state index is 11.6. The molecule has 14 heteroatoms. The molecule has 1 atom stereocenters. The Morgan fingerprint density at radius 3 is 2.40 bits per heavy atom. The standard InChI is InChI=1S/C31H36N12O.ClH/c1-22(44)41-12-10-40(11-13-41)18-23-5-7-25(8-6-23)26-14-33-31(34-15-26)42-9-3-4-24(19-42)20-43-30-29(37-38-43)32-17-28(36-30)27-16-35-39(2)21-27;/h5-8,14-17,21,24H,3-4,9-13,18-20H2,1-2H3;1H. The average Bonchev–Trinajstić information content (AvgIpc) is 3.67. The number of halogens is 1. The van der Waals surface area contributed by atoms with Crippen LogP contribution in [-0.4, -0.2) is 99.7 Å². The number of rotatable bonds is 7. The highest BCUT2D eigenvalue weighted by molar-refractivity contribution is 5.85.